The molecule has 0 atom stereocenters. The van der Waals surface area contributed by atoms with Crippen LogP contribution in [0, 0.1) is 0 Å². The lowest BCUT2D eigenvalue weighted by Crippen LogP contribution is -1.86. The molecule has 3 rings (SSSR count). The summed E-state index contributed by atoms with van der Waals surface area (Å²) >= 11 is 1.74. The fraction of sp³-hybridized carbons (Fsp3) is 0.167. The molecule has 1 heterocycles. The Morgan fingerprint density at radius 3 is 2.25 bits per heavy atom. The number of aromatic nitrogens is 1. The summed E-state index contributed by atoms with van der Waals surface area (Å²) in [5.41, 5.74) is 4.75. The first-order valence-electron chi connectivity index (χ1n) is 6.85. The van der Waals surface area contributed by atoms with Crippen LogP contribution in [-0.4, -0.2) is 4.98 Å². The summed E-state index contributed by atoms with van der Waals surface area (Å²) in [4.78, 5) is 4.73. The Labute approximate surface area is 124 Å². The average Bonchev–Trinajstić information content (AvgIpc) is 2.98. The van der Waals surface area contributed by atoms with Crippen LogP contribution in [0.5, 0.6) is 0 Å². The highest BCUT2D eigenvalue weighted by molar-refractivity contribution is 7.10. The minimum atomic E-state index is 0.492. The van der Waals surface area contributed by atoms with Gasteiger partial charge in [0.2, 0.25) is 0 Å². The van der Waals surface area contributed by atoms with Crippen molar-refractivity contribution in [1.82, 2.24) is 4.98 Å². The lowest BCUT2D eigenvalue weighted by molar-refractivity contribution is 0.853. The van der Waals surface area contributed by atoms with Gasteiger partial charge in [-0.3, -0.25) is 0 Å². The summed E-state index contributed by atoms with van der Waals surface area (Å²) < 4.78 is 0. The molecule has 1 nitrogen and oxygen atoms in total. The van der Waals surface area contributed by atoms with Gasteiger partial charge in [-0.25, -0.2) is 4.98 Å². The molecule has 0 unspecified atom stereocenters. The van der Waals surface area contributed by atoms with E-state index in [0.29, 0.717) is 5.92 Å². The lowest BCUT2D eigenvalue weighted by atomic mass is 10.0. The van der Waals surface area contributed by atoms with Crippen molar-refractivity contribution < 1.29 is 0 Å². The number of hydrogen-bond acceptors (Lipinski definition) is 2. The van der Waals surface area contributed by atoms with Crippen LogP contribution >= 0.6 is 11.3 Å². The quantitative estimate of drug-likeness (QED) is 0.608. The van der Waals surface area contributed by atoms with Crippen molar-refractivity contribution in [2.24, 2.45) is 0 Å². The van der Waals surface area contributed by atoms with Crippen LogP contribution in [0.25, 0.3) is 22.4 Å². The number of hydrogen-bond donors (Lipinski definition) is 0. The maximum atomic E-state index is 4.73. The Kier molecular flexibility index (Phi) is 3.66. The average molecular weight is 279 g/mol. The van der Waals surface area contributed by atoms with Crippen LogP contribution in [0.2, 0.25) is 0 Å². The summed E-state index contributed by atoms with van der Waals surface area (Å²) in [7, 11) is 0. The van der Waals surface area contributed by atoms with E-state index in [-0.39, 0.29) is 0 Å². The zero-order chi connectivity index (χ0) is 13.9. The second-order valence-corrected chi connectivity index (χ2v) is 6.06. The largest absolute Gasteiger partial charge is 0.241 e. The monoisotopic (exact) mass is 279 g/mol. The summed E-state index contributed by atoms with van der Waals surface area (Å²) in [6.07, 6.45) is 0. The molecule has 0 N–H and O–H groups in total. The van der Waals surface area contributed by atoms with Gasteiger partial charge in [0.05, 0.1) is 10.7 Å². The molecule has 0 fully saturated rings. The van der Waals surface area contributed by atoms with Crippen molar-refractivity contribution in [3.63, 3.8) is 0 Å². The maximum absolute atomic E-state index is 4.73. The van der Waals surface area contributed by atoms with E-state index in [2.05, 4.69) is 67.8 Å². The molecule has 0 aliphatic rings. The predicted molar refractivity (Wildman–Crippen MR) is 87.1 cm³/mol. The topological polar surface area (TPSA) is 12.9 Å². The molecule has 0 saturated carbocycles. The Hall–Kier alpha value is -1.93. The maximum Gasteiger partial charge on any atom is 0.0958 e. The fourth-order valence-corrected chi connectivity index (χ4v) is 3.02. The van der Waals surface area contributed by atoms with Crippen LogP contribution in [-0.2, 0) is 0 Å². The Bertz CT molecular complexity index is 698. The minimum Gasteiger partial charge on any atom is -0.241 e. The summed E-state index contributed by atoms with van der Waals surface area (Å²) in [5, 5.41) is 3.35. The van der Waals surface area contributed by atoms with Gasteiger partial charge >= 0.3 is 0 Å². The van der Waals surface area contributed by atoms with Crippen LogP contribution in [0.1, 0.15) is 24.8 Å². The van der Waals surface area contributed by atoms with Gasteiger partial charge in [0.25, 0.3) is 0 Å². The number of nitrogens with zero attached hydrogens (tertiary/aromatic N) is 1. The van der Waals surface area contributed by atoms with Gasteiger partial charge in [0.1, 0.15) is 0 Å². The first-order chi connectivity index (χ1) is 9.74. The third-order valence-corrected chi connectivity index (χ3v) is 4.43. The highest BCUT2D eigenvalue weighted by Gasteiger charge is 2.08. The molecule has 2 aromatic carbocycles. The van der Waals surface area contributed by atoms with Crippen LogP contribution < -0.4 is 0 Å². The summed E-state index contributed by atoms with van der Waals surface area (Å²) in [6, 6.07) is 19.1. The van der Waals surface area contributed by atoms with Crippen LogP contribution in [0.15, 0.2) is 60.0 Å². The minimum absolute atomic E-state index is 0.492. The zero-order valence-electron chi connectivity index (χ0n) is 11.7. The molecule has 0 amide bonds. The molecule has 0 aliphatic carbocycles. The van der Waals surface area contributed by atoms with E-state index in [9.17, 15) is 0 Å². The zero-order valence-corrected chi connectivity index (χ0v) is 12.5. The smallest absolute Gasteiger partial charge is 0.0958 e. The molecule has 2 heteroatoms. The SMILES string of the molecule is CC(C)c1nc(-c2cccc(-c3ccccc3)c2)cs1. The van der Waals surface area contributed by atoms with Crippen molar-refractivity contribution in [1.29, 1.82) is 0 Å². The van der Waals surface area contributed by atoms with Crippen molar-refractivity contribution in [2.45, 2.75) is 19.8 Å². The van der Waals surface area contributed by atoms with E-state index in [1.165, 1.54) is 21.7 Å². The molecule has 20 heavy (non-hydrogen) atoms. The van der Waals surface area contributed by atoms with Crippen LogP contribution in [0.3, 0.4) is 0 Å². The highest BCUT2D eigenvalue weighted by atomic mass is 32.1. The van der Waals surface area contributed by atoms with Crippen LogP contribution in [0.4, 0.5) is 0 Å². The molecular weight excluding hydrogens is 262 g/mol. The van der Waals surface area contributed by atoms with Gasteiger partial charge in [-0.15, -0.1) is 11.3 Å². The second kappa shape index (κ2) is 5.59. The second-order valence-electron chi connectivity index (χ2n) is 5.17. The molecule has 100 valence electrons. The summed E-state index contributed by atoms with van der Waals surface area (Å²) in [6.45, 7) is 4.37. The first-order valence-corrected chi connectivity index (χ1v) is 7.73. The van der Waals surface area contributed by atoms with E-state index in [1.807, 2.05) is 6.07 Å². The van der Waals surface area contributed by atoms with Crippen molar-refractivity contribution in [3.05, 3.63) is 65.0 Å². The van der Waals surface area contributed by atoms with Gasteiger partial charge in [-0.2, -0.15) is 0 Å². The van der Waals surface area contributed by atoms with Gasteiger partial charge in [0.15, 0.2) is 0 Å². The Morgan fingerprint density at radius 1 is 0.850 bits per heavy atom. The molecule has 1 aromatic heterocycles. The van der Waals surface area contributed by atoms with Crippen molar-refractivity contribution in [3.8, 4) is 22.4 Å². The first kappa shape index (κ1) is 13.1. The normalized spacial score (nSPS) is 10.9. The van der Waals surface area contributed by atoms with Gasteiger partial charge in [0, 0.05) is 16.9 Å². The molecular formula is C18H17NS. The Balaban J connectivity index is 1.99. The fourth-order valence-electron chi connectivity index (χ4n) is 2.17. The van der Waals surface area contributed by atoms with E-state index >= 15 is 0 Å². The van der Waals surface area contributed by atoms with E-state index in [1.54, 1.807) is 11.3 Å². The number of thiazole rings is 1. The number of rotatable bonds is 3. The van der Waals surface area contributed by atoms with Crippen molar-refractivity contribution >= 4 is 11.3 Å². The standard InChI is InChI=1S/C18H17NS/c1-13(2)18-19-17(12-20-18)16-10-6-9-15(11-16)14-7-4-3-5-8-14/h3-13H,1-2H3. The van der Waals surface area contributed by atoms with E-state index < -0.39 is 0 Å². The molecule has 0 aliphatic heterocycles. The predicted octanol–water partition coefficient (Wildman–Crippen LogP) is 5.60. The molecule has 0 saturated heterocycles. The third-order valence-electron chi connectivity index (χ3n) is 3.28. The lowest BCUT2D eigenvalue weighted by Gasteiger charge is -2.04. The third kappa shape index (κ3) is 2.66. The van der Waals surface area contributed by atoms with Gasteiger partial charge < -0.3 is 0 Å². The highest BCUT2D eigenvalue weighted by Crippen LogP contribution is 2.29. The van der Waals surface area contributed by atoms with Gasteiger partial charge in [-0.1, -0.05) is 62.4 Å². The number of benzene rings is 2. The van der Waals surface area contributed by atoms with E-state index in [4.69, 9.17) is 4.98 Å². The summed E-state index contributed by atoms with van der Waals surface area (Å²) in [5.74, 6) is 0.492. The van der Waals surface area contributed by atoms with Gasteiger partial charge in [-0.05, 0) is 17.2 Å². The Morgan fingerprint density at radius 2 is 1.55 bits per heavy atom. The molecule has 0 radical (unpaired) electrons. The van der Waals surface area contributed by atoms with Crippen molar-refractivity contribution in [2.75, 3.05) is 0 Å². The molecule has 3 aromatic rings. The van der Waals surface area contributed by atoms with E-state index in [0.717, 1.165) is 5.69 Å². The molecule has 0 spiro atoms. The molecule has 0 bridgehead atoms.